The Morgan fingerprint density at radius 1 is 1.24 bits per heavy atom. The van der Waals surface area contributed by atoms with Gasteiger partial charge in [0.15, 0.2) is 0 Å². The lowest BCUT2D eigenvalue weighted by atomic mass is 10.1. The lowest BCUT2D eigenvalue weighted by Crippen LogP contribution is -2.33. The largest absolute Gasteiger partial charge is 0.385 e. The second kappa shape index (κ2) is 8.03. The van der Waals surface area contributed by atoms with Crippen LogP contribution in [-0.4, -0.2) is 43.5 Å². The average Bonchev–Trinajstić information content (AvgIpc) is 2.98. The van der Waals surface area contributed by atoms with Crippen molar-refractivity contribution >= 4 is 11.6 Å². The summed E-state index contributed by atoms with van der Waals surface area (Å²) >= 11 is 0. The van der Waals surface area contributed by atoms with Gasteiger partial charge in [-0.1, -0.05) is 6.92 Å². The first kappa shape index (κ1) is 15.8. The summed E-state index contributed by atoms with van der Waals surface area (Å²) in [5.74, 6) is 0.0359. The van der Waals surface area contributed by atoms with Crippen molar-refractivity contribution in [3.8, 4) is 0 Å². The number of hydrogen-bond donors (Lipinski definition) is 2. The molecule has 21 heavy (non-hydrogen) atoms. The average molecular weight is 289 g/mol. The highest BCUT2D eigenvalue weighted by atomic mass is 16.1. The summed E-state index contributed by atoms with van der Waals surface area (Å²) in [6.45, 7) is 9.13. The summed E-state index contributed by atoms with van der Waals surface area (Å²) in [4.78, 5) is 14.6. The summed E-state index contributed by atoms with van der Waals surface area (Å²) in [7, 11) is 0. The molecule has 1 amide bonds. The Balaban J connectivity index is 1.83. The number of nitrogens with one attached hydrogen (secondary N) is 2. The number of likely N-dealkylation sites (tertiary alicyclic amines) is 1. The highest BCUT2D eigenvalue weighted by Gasteiger charge is 2.12. The first-order valence-electron chi connectivity index (χ1n) is 8.06. The number of carbonyl (C=O) groups is 1. The van der Waals surface area contributed by atoms with Crippen LogP contribution in [0.2, 0.25) is 0 Å². The van der Waals surface area contributed by atoms with Crippen molar-refractivity contribution in [2.75, 3.05) is 38.0 Å². The Hall–Kier alpha value is -1.55. The summed E-state index contributed by atoms with van der Waals surface area (Å²) in [6.07, 6.45) is 3.68. The van der Waals surface area contributed by atoms with E-state index < -0.39 is 0 Å². The van der Waals surface area contributed by atoms with Gasteiger partial charge >= 0.3 is 0 Å². The van der Waals surface area contributed by atoms with Gasteiger partial charge in [-0.2, -0.15) is 0 Å². The molecule has 1 heterocycles. The molecule has 1 aromatic carbocycles. The zero-order valence-electron chi connectivity index (χ0n) is 13.2. The summed E-state index contributed by atoms with van der Waals surface area (Å²) in [5, 5.41) is 6.37. The van der Waals surface area contributed by atoms with Crippen LogP contribution >= 0.6 is 0 Å². The first-order chi connectivity index (χ1) is 10.2. The number of amides is 1. The van der Waals surface area contributed by atoms with Crippen LogP contribution in [0.15, 0.2) is 18.2 Å². The zero-order chi connectivity index (χ0) is 15.1. The number of carbonyl (C=O) groups excluding carboxylic acids is 1. The first-order valence-corrected chi connectivity index (χ1v) is 8.06. The Labute approximate surface area is 127 Å². The van der Waals surface area contributed by atoms with E-state index in [0.29, 0.717) is 0 Å². The van der Waals surface area contributed by atoms with Gasteiger partial charge in [0, 0.05) is 30.9 Å². The van der Waals surface area contributed by atoms with Crippen LogP contribution in [0.4, 0.5) is 5.69 Å². The molecule has 2 N–H and O–H groups in total. The molecule has 0 unspecified atom stereocenters. The van der Waals surface area contributed by atoms with E-state index in [4.69, 9.17) is 0 Å². The molecule has 4 heteroatoms. The second-order valence-electron chi connectivity index (χ2n) is 5.76. The van der Waals surface area contributed by atoms with Crippen LogP contribution in [0.1, 0.15) is 42.1 Å². The van der Waals surface area contributed by atoms with E-state index in [1.54, 1.807) is 0 Å². The van der Waals surface area contributed by atoms with Crippen molar-refractivity contribution in [1.29, 1.82) is 0 Å². The van der Waals surface area contributed by atoms with E-state index in [9.17, 15) is 4.79 Å². The smallest absolute Gasteiger partial charge is 0.251 e. The highest BCUT2D eigenvalue weighted by Crippen LogP contribution is 2.15. The Kier molecular flexibility index (Phi) is 6.05. The molecule has 1 aromatic rings. The quantitative estimate of drug-likeness (QED) is 0.811. The molecule has 2 rings (SSSR count). The van der Waals surface area contributed by atoms with Crippen LogP contribution < -0.4 is 10.6 Å². The van der Waals surface area contributed by atoms with Crippen LogP contribution in [0, 0.1) is 6.92 Å². The maximum absolute atomic E-state index is 12.2. The Bertz CT molecular complexity index is 467. The van der Waals surface area contributed by atoms with Crippen molar-refractivity contribution in [1.82, 2.24) is 10.2 Å². The standard InChI is InChI=1S/C17H27N3O/c1-3-8-18-15-6-7-16(14(2)13-15)17(21)19-9-12-20-10-4-5-11-20/h6-7,13,18H,3-5,8-12H2,1-2H3,(H,19,21). The number of hydrogen-bond acceptors (Lipinski definition) is 3. The molecule has 0 aromatic heterocycles. The number of anilines is 1. The van der Waals surface area contributed by atoms with Crippen molar-refractivity contribution in [3.63, 3.8) is 0 Å². The molecule has 0 spiro atoms. The molecule has 1 aliphatic rings. The molecule has 0 aliphatic carbocycles. The molecular weight excluding hydrogens is 262 g/mol. The summed E-state index contributed by atoms with van der Waals surface area (Å²) in [6, 6.07) is 5.95. The highest BCUT2D eigenvalue weighted by molar-refractivity contribution is 5.96. The lowest BCUT2D eigenvalue weighted by molar-refractivity contribution is 0.0949. The second-order valence-corrected chi connectivity index (χ2v) is 5.76. The predicted octanol–water partition coefficient (Wildman–Crippen LogP) is 2.64. The topological polar surface area (TPSA) is 44.4 Å². The van der Waals surface area contributed by atoms with E-state index in [0.717, 1.165) is 42.9 Å². The number of aryl methyl sites for hydroxylation is 1. The van der Waals surface area contributed by atoms with Gasteiger partial charge in [0.1, 0.15) is 0 Å². The third-order valence-electron chi connectivity index (χ3n) is 3.96. The van der Waals surface area contributed by atoms with E-state index in [1.165, 1.54) is 25.9 Å². The van der Waals surface area contributed by atoms with Gasteiger partial charge in [0.25, 0.3) is 5.91 Å². The Morgan fingerprint density at radius 2 is 2.00 bits per heavy atom. The monoisotopic (exact) mass is 289 g/mol. The van der Waals surface area contributed by atoms with Gasteiger partial charge in [0.2, 0.25) is 0 Å². The van der Waals surface area contributed by atoms with Crippen LogP contribution in [0.25, 0.3) is 0 Å². The van der Waals surface area contributed by atoms with Gasteiger partial charge in [-0.25, -0.2) is 0 Å². The van der Waals surface area contributed by atoms with Gasteiger partial charge in [-0.3, -0.25) is 4.79 Å². The van der Waals surface area contributed by atoms with Crippen LogP contribution in [0.5, 0.6) is 0 Å². The van der Waals surface area contributed by atoms with Crippen molar-refractivity contribution in [2.45, 2.75) is 33.1 Å². The van der Waals surface area contributed by atoms with E-state index in [2.05, 4.69) is 22.5 Å². The van der Waals surface area contributed by atoms with Gasteiger partial charge in [-0.05, 0) is 63.0 Å². The Morgan fingerprint density at radius 3 is 2.67 bits per heavy atom. The van der Waals surface area contributed by atoms with E-state index >= 15 is 0 Å². The van der Waals surface area contributed by atoms with Crippen molar-refractivity contribution in [3.05, 3.63) is 29.3 Å². The van der Waals surface area contributed by atoms with Gasteiger partial charge in [0.05, 0.1) is 0 Å². The SMILES string of the molecule is CCCNc1ccc(C(=O)NCCN2CCCC2)c(C)c1. The van der Waals surface area contributed by atoms with Gasteiger partial charge < -0.3 is 15.5 Å². The fourth-order valence-corrected chi connectivity index (χ4v) is 2.73. The normalized spacial score (nSPS) is 15.1. The maximum Gasteiger partial charge on any atom is 0.251 e. The number of benzene rings is 1. The third-order valence-corrected chi connectivity index (χ3v) is 3.96. The van der Waals surface area contributed by atoms with Crippen molar-refractivity contribution < 1.29 is 4.79 Å². The fourth-order valence-electron chi connectivity index (χ4n) is 2.73. The molecule has 1 saturated heterocycles. The molecule has 116 valence electrons. The van der Waals surface area contributed by atoms with Crippen LogP contribution in [0.3, 0.4) is 0 Å². The molecular formula is C17H27N3O. The van der Waals surface area contributed by atoms with E-state index in [1.807, 2.05) is 25.1 Å². The predicted molar refractivity (Wildman–Crippen MR) is 88.0 cm³/mol. The lowest BCUT2D eigenvalue weighted by Gasteiger charge is -2.15. The molecule has 1 fully saturated rings. The fraction of sp³-hybridized carbons (Fsp3) is 0.588. The van der Waals surface area contributed by atoms with Crippen molar-refractivity contribution in [2.24, 2.45) is 0 Å². The molecule has 0 saturated carbocycles. The molecule has 0 atom stereocenters. The minimum Gasteiger partial charge on any atom is -0.385 e. The molecule has 0 bridgehead atoms. The zero-order valence-corrected chi connectivity index (χ0v) is 13.2. The van der Waals surface area contributed by atoms with E-state index in [-0.39, 0.29) is 5.91 Å². The molecule has 4 nitrogen and oxygen atoms in total. The molecule has 0 radical (unpaired) electrons. The minimum absolute atomic E-state index is 0.0359. The molecule has 1 aliphatic heterocycles. The minimum atomic E-state index is 0.0359. The summed E-state index contributed by atoms with van der Waals surface area (Å²) < 4.78 is 0. The van der Waals surface area contributed by atoms with Gasteiger partial charge in [-0.15, -0.1) is 0 Å². The number of rotatable bonds is 7. The number of nitrogens with zero attached hydrogens (tertiary/aromatic N) is 1. The van der Waals surface area contributed by atoms with Crippen LogP contribution in [-0.2, 0) is 0 Å². The maximum atomic E-state index is 12.2. The summed E-state index contributed by atoms with van der Waals surface area (Å²) in [5.41, 5.74) is 2.89. The third kappa shape index (κ3) is 4.74.